The lowest BCUT2D eigenvalue weighted by molar-refractivity contribution is -0.148. The smallest absolute Gasteiger partial charge is 0.325 e. The lowest BCUT2D eigenvalue weighted by Gasteiger charge is -2.29. The molecule has 1 aliphatic carbocycles. The van der Waals surface area contributed by atoms with Crippen molar-refractivity contribution in [2.24, 2.45) is 11.8 Å². The fourth-order valence-corrected chi connectivity index (χ4v) is 2.33. The van der Waals surface area contributed by atoms with Crippen molar-refractivity contribution in [1.82, 2.24) is 4.90 Å². The van der Waals surface area contributed by atoms with Crippen molar-refractivity contribution in [3.8, 4) is 0 Å². The normalized spacial score (nSPS) is 24.2. The van der Waals surface area contributed by atoms with Crippen LogP contribution >= 0.6 is 0 Å². The van der Waals surface area contributed by atoms with Crippen LogP contribution in [0.4, 0.5) is 0 Å². The van der Waals surface area contributed by atoms with E-state index in [1.54, 1.807) is 4.90 Å². The predicted molar refractivity (Wildman–Crippen MR) is 65.4 cm³/mol. The van der Waals surface area contributed by atoms with Crippen molar-refractivity contribution in [2.45, 2.75) is 39.5 Å². The molecule has 4 nitrogen and oxygen atoms in total. The molecule has 0 aromatic carbocycles. The molecule has 0 aromatic rings. The third-order valence-corrected chi connectivity index (χ3v) is 3.61. The molecular formula is C13H23NO3. The van der Waals surface area contributed by atoms with Crippen LogP contribution in [0.25, 0.3) is 0 Å². The molecule has 0 saturated heterocycles. The molecule has 0 aliphatic heterocycles. The number of carbonyl (C=O) groups excluding carboxylic acids is 2. The van der Waals surface area contributed by atoms with Gasteiger partial charge in [0, 0.05) is 12.5 Å². The van der Waals surface area contributed by atoms with Crippen LogP contribution in [0.1, 0.15) is 39.5 Å². The SMILES string of the molecule is CCN(CC(=O)OC)C(=O)C1CCC(C)CC1. The molecule has 17 heavy (non-hydrogen) atoms. The second-order valence-electron chi connectivity index (χ2n) is 4.89. The summed E-state index contributed by atoms with van der Waals surface area (Å²) in [5.74, 6) is 0.611. The van der Waals surface area contributed by atoms with E-state index in [2.05, 4.69) is 11.7 Å². The first-order valence-electron chi connectivity index (χ1n) is 6.44. The van der Waals surface area contributed by atoms with E-state index in [1.807, 2.05) is 6.92 Å². The Balaban J connectivity index is 2.51. The highest BCUT2D eigenvalue weighted by molar-refractivity contribution is 5.83. The second kappa shape index (κ2) is 6.62. The molecule has 0 heterocycles. The zero-order chi connectivity index (χ0) is 12.8. The van der Waals surface area contributed by atoms with E-state index in [0.29, 0.717) is 6.54 Å². The minimum absolute atomic E-state index is 0.0812. The Labute approximate surface area is 103 Å². The van der Waals surface area contributed by atoms with Gasteiger partial charge in [-0.15, -0.1) is 0 Å². The zero-order valence-corrected chi connectivity index (χ0v) is 11.1. The molecule has 1 amide bonds. The van der Waals surface area contributed by atoms with Crippen LogP contribution in [-0.4, -0.2) is 37.0 Å². The standard InChI is InChI=1S/C13H23NO3/c1-4-14(9-12(15)17-3)13(16)11-7-5-10(2)6-8-11/h10-11H,4-9H2,1-3H3. The fourth-order valence-electron chi connectivity index (χ4n) is 2.33. The summed E-state index contributed by atoms with van der Waals surface area (Å²) in [6, 6.07) is 0. The maximum absolute atomic E-state index is 12.2. The van der Waals surface area contributed by atoms with Gasteiger partial charge < -0.3 is 9.64 Å². The van der Waals surface area contributed by atoms with Gasteiger partial charge in [0.1, 0.15) is 6.54 Å². The molecule has 0 N–H and O–H groups in total. The first-order valence-corrected chi connectivity index (χ1v) is 6.44. The molecule has 0 unspecified atom stereocenters. The van der Waals surface area contributed by atoms with Crippen LogP contribution in [0.15, 0.2) is 0 Å². The third-order valence-electron chi connectivity index (χ3n) is 3.61. The maximum atomic E-state index is 12.2. The van der Waals surface area contributed by atoms with E-state index in [4.69, 9.17) is 0 Å². The average molecular weight is 241 g/mol. The van der Waals surface area contributed by atoms with E-state index in [1.165, 1.54) is 7.11 Å². The number of ether oxygens (including phenoxy) is 1. The number of rotatable bonds is 4. The van der Waals surface area contributed by atoms with Gasteiger partial charge in [-0.25, -0.2) is 0 Å². The number of amides is 1. The Kier molecular flexibility index (Phi) is 5.45. The van der Waals surface area contributed by atoms with E-state index in [9.17, 15) is 9.59 Å². The van der Waals surface area contributed by atoms with Gasteiger partial charge >= 0.3 is 5.97 Å². The molecule has 1 aliphatic rings. The van der Waals surface area contributed by atoms with Crippen molar-refractivity contribution in [3.63, 3.8) is 0 Å². The van der Waals surface area contributed by atoms with Crippen LogP contribution in [0, 0.1) is 11.8 Å². The molecule has 0 radical (unpaired) electrons. The number of hydrogen-bond donors (Lipinski definition) is 0. The largest absolute Gasteiger partial charge is 0.468 e. The molecule has 1 fully saturated rings. The highest BCUT2D eigenvalue weighted by Crippen LogP contribution is 2.29. The van der Waals surface area contributed by atoms with Crippen molar-refractivity contribution < 1.29 is 14.3 Å². The number of carbonyl (C=O) groups is 2. The van der Waals surface area contributed by atoms with Gasteiger partial charge in [0.2, 0.25) is 5.91 Å². The Hall–Kier alpha value is -1.06. The predicted octanol–water partition coefficient (Wildman–Crippen LogP) is 1.83. The number of likely N-dealkylation sites (N-methyl/N-ethyl adjacent to an activating group) is 1. The summed E-state index contributed by atoms with van der Waals surface area (Å²) in [6.45, 7) is 4.77. The molecule has 98 valence electrons. The first-order chi connectivity index (χ1) is 8.08. The molecule has 0 aromatic heterocycles. The molecular weight excluding hydrogens is 218 g/mol. The van der Waals surface area contributed by atoms with Gasteiger partial charge in [0.05, 0.1) is 7.11 Å². The Bertz CT molecular complexity index is 270. The third kappa shape index (κ3) is 4.02. The molecule has 4 heteroatoms. The lowest BCUT2D eigenvalue weighted by atomic mass is 9.82. The van der Waals surface area contributed by atoms with Crippen LogP contribution < -0.4 is 0 Å². The monoisotopic (exact) mass is 241 g/mol. The number of nitrogens with zero attached hydrogens (tertiary/aromatic N) is 1. The Morgan fingerprint density at radius 2 is 1.82 bits per heavy atom. The first kappa shape index (κ1) is 14.0. The van der Waals surface area contributed by atoms with Crippen LogP contribution in [0.3, 0.4) is 0 Å². The van der Waals surface area contributed by atoms with Gasteiger partial charge in [-0.2, -0.15) is 0 Å². The molecule has 1 rings (SSSR count). The summed E-state index contributed by atoms with van der Waals surface area (Å²) < 4.78 is 4.60. The van der Waals surface area contributed by atoms with Crippen LogP contribution in [0.5, 0.6) is 0 Å². The zero-order valence-electron chi connectivity index (χ0n) is 11.1. The van der Waals surface area contributed by atoms with E-state index >= 15 is 0 Å². The summed E-state index contributed by atoms with van der Waals surface area (Å²) in [4.78, 5) is 25.0. The van der Waals surface area contributed by atoms with Crippen molar-refractivity contribution in [3.05, 3.63) is 0 Å². The lowest BCUT2D eigenvalue weighted by Crippen LogP contribution is -2.40. The van der Waals surface area contributed by atoms with Gasteiger partial charge in [0.25, 0.3) is 0 Å². The summed E-state index contributed by atoms with van der Waals surface area (Å²) in [5.41, 5.74) is 0. The molecule has 1 saturated carbocycles. The summed E-state index contributed by atoms with van der Waals surface area (Å²) in [7, 11) is 1.35. The minimum Gasteiger partial charge on any atom is -0.468 e. The topological polar surface area (TPSA) is 46.6 Å². The summed E-state index contributed by atoms with van der Waals surface area (Å²) in [5, 5.41) is 0. The van der Waals surface area contributed by atoms with Gasteiger partial charge in [-0.05, 0) is 38.5 Å². The quantitative estimate of drug-likeness (QED) is 0.705. The number of methoxy groups -OCH3 is 1. The average Bonchev–Trinajstić information content (AvgIpc) is 2.35. The Morgan fingerprint density at radius 3 is 2.29 bits per heavy atom. The Morgan fingerprint density at radius 1 is 1.24 bits per heavy atom. The fraction of sp³-hybridized carbons (Fsp3) is 0.846. The van der Waals surface area contributed by atoms with Crippen molar-refractivity contribution >= 4 is 11.9 Å². The highest BCUT2D eigenvalue weighted by Gasteiger charge is 2.28. The van der Waals surface area contributed by atoms with Gasteiger partial charge in [-0.3, -0.25) is 9.59 Å². The summed E-state index contributed by atoms with van der Waals surface area (Å²) in [6.07, 6.45) is 4.15. The van der Waals surface area contributed by atoms with Gasteiger partial charge in [-0.1, -0.05) is 6.92 Å². The van der Waals surface area contributed by atoms with Crippen molar-refractivity contribution in [2.75, 3.05) is 20.2 Å². The molecule has 0 bridgehead atoms. The van der Waals surface area contributed by atoms with Crippen LogP contribution in [-0.2, 0) is 14.3 Å². The molecule has 0 spiro atoms. The van der Waals surface area contributed by atoms with Crippen molar-refractivity contribution in [1.29, 1.82) is 0 Å². The number of hydrogen-bond acceptors (Lipinski definition) is 3. The second-order valence-corrected chi connectivity index (χ2v) is 4.89. The minimum atomic E-state index is -0.343. The van der Waals surface area contributed by atoms with E-state index in [-0.39, 0.29) is 24.3 Å². The summed E-state index contributed by atoms with van der Waals surface area (Å²) >= 11 is 0. The number of esters is 1. The highest BCUT2D eigenvalue weighted by atomic mass is 16.5. The maximum Gasteiger partial charge on any atom is 0.325 e. The van der Waals surface area contributed by atoms with E-state index < -0.39 is 0 Å². The van der Waals surface area contributed by atoms with Crippen LogP contribution in [0.2, 0.25) is 0 Å². The van der Waals surface area contributed by atoms with Gasteiger partial charge in [0.15, 0.2) is 0 Å². The van der Waals surface area contributed by atoms with E-state index in [0.717, 1.165) is 31.6 Å². The molecule has 0 atom stereocenters.